The Bertz CT molecular complexity index is 511. The van der Waals surface area contributed by atoms with Crippen molar-refractivity contribution in [3.05, 3.63) is 27.8 Å². The molecule has 2 rings (SSSR count). The third kappa shape index (κ3) is 4.09. The average molecular weight is 282 g/mol. The van der Waals surface area contributed by atoms with Crippen molar-refractivity contribution in [1.82, 2.24) is 15.1 Å². The summed E-state index contributed by atoms with van der Waals surface area (Å²) in [7, 11) is 1.67. The summed E-state index contributed by atoms with van der Waals surface area (Å²) in [4.78, 5) is 8.69. The molecular weight excluding hydrogens is 264 g/mol. The molecule has 0 amide bonds. The van der Waals surface area contributed by atoms with Gasteiger partial charge in [0.2, 0.25) is 5.89 Å². The highest BCUT2D eigenvalue weighted by molar-refractivity contribution is 7.09. The van der Waals surface area contributed by atoms with Crippen molar-refractivity contribution in [3.8, 4) is 0 Å². The summed E-state index contributed by atoms with van der Waals surface area (Å²) >= 11 is 1.60. The molecule has 0 spiro atoms. The van der Waals surface area contributed by atoms with E-state index in [9.17, 15) is 0 Å². The molecular formula is C12H18N4O2S. The van der Waals surface area contributed by atoms with Gasteiger partial charge < -0.3 is 15.0 Å². The molecule has 0 aliphatic carbocycles. The van der Waals surface area contributed by atoms with E-state index in [4.69, 9.17) is 15.0 Å². The Balaban J connectivity index is 1.91. The zero-order valence-electron chi connectivity index (χ0n) is 11.1. The molecule has 2 heterocycles. The van der Waals surface area contributed by atoms with E-state index in [-0.39, 0.29) is 6.04 Å². The van der Waals surface area contributed by atoms with E-state index in [2.05, 4.69) is 15.1 Å². The normalized spacial score (nSPS) is 12.8. The molecule has 1 unspecified atom stereocenters. The topological polar surface area (TPSA) is 87.1 Å². The van der Waals surface area contributed by atoms with Crippen LogP contribution in [0.25, 0.3) is 0 Å². The first kappa shape index (κ1) is 14.1. The molecule has 0 aromatic carbocycles. The molecule has 1 atom stereocenters. The van der Waals surface area contributed by atoms with Crippen LogP contribution in [-0.2, 0) is 11.2 Å². The van der Waals surface area contributed by atoms with Crippen molar-refractivity contribution in [3.63, 3.8) is 0 Å². The van der Waals surface area contributed by atoms with Crippen molar-refractivity contribution in [2.75, 3.05) is 13.7 Å². The maximum absolute atomic E-state index is 5.98. The summed E-state index contributed by atoms with van der Waals surface area (Å²) in [5, 5.41) is 6.93. The molecule has 0 saturated carbocycles. The number of hydrogen-bond donors (Lipinski definition) is 1. The largest absolute Gasteiger partial charge is 0.385 e. The summed E-state index contributed by atoms with van der Waals surface area (Å²) in [6.07, 6.45) is 2.24. The summed E-state index contributed by atoms with van der Waals surface area (Å²) in [5.74, 6) is 1.12. The number of aromatic nitrogens is 3. The van der Waals surface area contributed by atoms with Crippen LogP contribution in [0.4, 0.5) is 0 Å². The first-order valence-corrected chi connectivity index (χ1v) is 7.05. The highest BCUT2D eigenvalue weighted by atomic mass is 32.1. The van der Waals surface area contributed by atoms with Gasteiger partial charge in [-0.15, -0.1) is 11.3 Å². The molecule has 0 aliphatic rings. The van der Waals surface area contributed by atoms with Crippen molar-refractivity contribution < 1.29 is 9.26 Å². The number of nitrogens with two attached hydrogens (primary N) is 1. The van der Waals surface area contributed by atoms with Crippen molar-refractivity contribution in [2.24, 2.45) is 5.73 Å². The molecule has 0 radical (unpaired) electrons. The minimum absolute atomic E-state index is 0.227. The Morgan fingerprint density at radius 2 is 2.32 bits per heavy atom. The van der Waals surface area contributed by atoms with Crippen molar-refractivity contribution in [1.29, 1.82) is 0 Å². The molecule has 2 aromatic heterocycles. The standard InChI is InChI=1S/C12H18N4O2S/c1-8-7-19-11(14-8)6-10-15-12(18-16-10)9(13)4-3-5-17-2/h7,9H,3-6,13H2,1-2H3. The lowest BCUT2D eigenvalue weighted by Gasteiger charge is -2.04. The minimum Gasteiger partial charge on any atom is -0.385 e. The van der Waals surface area contributed by atoms with Crippen LogP contribution in [0.2, 0.25) is 0 Å². The first-order chi connectivity index (χ1) is 9.19. The van der Waals surface area contributed by atoms with Crippen LogP contribution in [0.1, 0.15) is 41.3 Å². The molecule has 0 bridgehead atoms. The second kappa shape index (κ2) is 6.74. The SMILES string of the molecule is COCCCC(N)c1nc(Cc2nc(C)cs2)no1. The van der Waals surface area contributed by atoms with Crippen LogP contribution in [-0.4, -0.2) is 28.8 Å². The summed E-state index contributed by atoms with van der Waals surface area (Å²) in [5.41, 5.74) is 7.00. The zero-order valence-corrected chi connectivity index (χ0v) is 11.9. The quantitative estimate of drug-likeness (QED) is 0.780. The van der Waals surface area contributed by atoms with Gasteiger partial charge in [0, 0.05) is 24.8 Å². The Hall–Kier alpha value is -1.31. The maximum Gasteiger partial charge on any atom is 0.243 e. The van der Waals surface area contributed by atoms with Crippen LogP contribution in [0, 0.1) is 6.92 Å². The monoisotopic (exact) mass is 282 g/mol. The lowest BCUT2D eigenvalue weighted by molar-refractivity contribution is 0.188. The van der Waals surface area contributed by atoms with Gasteiger partial charge in [0.05, 0.1) is 12.5 Å². The number of hydrogen-bond acceptors (Lipinski definition) is 7. The fourth-order valence-electron chi connectivity index (χ4n) is 1.68. The van der Waals surface area contributed by atoms with Crippen LogP contribution in [0.5, 0.6) is 0 Å². The van der Waals surface area contributed by atoms with E-state index in [0.717, 1.165) is 23.5 Å². The third-order valence-electron chi connectivity index (χ3n) is 2.64. The second-order valence-corrected chi connectivity index (χ2v) is 5.29. The molecule has 104 valence electrons. The lowest BCUT2D eigenvalue weighted by Crippen LogP contribution is -2.11. The van der Waals surface area contributed by atoms with Gasteiger partial charge in [-0.2, -0.15) is 4.98 Å². The Morgan fingerprint density at radius 3 is 3.00 bits per heavy atom. The van der Waals surface area contributed by atoms with Gasteiger partial charge in [0.1, 0.15) is 5.01 Å². The molecule has 0 fully saturated rings. The molecule has 7 heteroatoms. The van der Waals surface area contributed by atoms with Gasteiger partial charge in [-0.05, 0) is 19.8 Å². The summed E-state index contributed by atoms with van der Waals surface area (Å²) in [6.45, 7) is 2.65. The fourth-order valence-corrected chi connectivity index (χ4v) is 2.45. The Kier molecular flexibility index (Phi) is 5.00. The van der Waals surface area contributed by atoms with E-state index in [1.165, 1.54) is 0 Å². The van der Waals surface area contributed by atoms with Gasteiger partial charge in [0.25, 0.3) is 0 Å². The average Bonchev–Trinajstić information content (AvgIpc) is 3.00. The molecule has 2 N–H and O–H groups in total. The van der Waals surface area contributed by atoms with E-state index in [0.29, 0.717) is 24.7 Å². The van der Waals surface area contributed by atoms with Gasteiger partial charge in [-0.1, -0.05) is 5.16 Å². The second-order valence-electron chi connectivity index (χ2n) is 4.35. The number of thiazole rings is 1. The summed E-state index contributed by atoms with van der Waals surface area (Å²) < 4.78 is 10.2. The number of nitrogens with zero attached hydrogens (tertiary/aromatic N) is 3. The molecule has 2 aromatic rings. The zero-order chi connectivity index (χ0) is 13.7. The van der Waals surface area contributed by atoms with Crippen LogP contribution in [0.15, 0.2) is 9.90 Å². The molecule has 6 nitrogen and oxygen atoms in total. The minimum atomic E-state index is -0.227. The predicted octanol–water partition coefficient (Wildman–Crippen LogP) is 1.85. The molecule has 0 aliphatic heterocycles. The molecule has 19 heavy (non-hydrogen) atoms. The van der Waals surface area contributed by atoms with E-state index < -0.39 is 0 Å². The number of ether oxygens (including phenoxy) is 1. The van der Waals surface area contributed by atoms with Crippen LogP contribution >= 0.6 is 11.3 Å². The number of rotatable bonds is 7. The fraction of sp³-hybridized carbons (Fsp3) is 0.583. The number of aryl methyl sites for hydroxylation is 1. The Morgan fingerprint density at radius 1 is 1.47 bits per heavy atom. The van der Waals surface area contributed by atoms with Crippen molar-refractivity contribution in [2.45, 2.75) is 32.2 Å². The third-order valence-corrected chi connectivity index (χ3v) is 3.61. The van der Waals surface area contributed by atoms with Crippen LogP contribution in [0.3, 0.4) is 0 Å². The van der Waals surface area contributed by atoms with Crippen LogP contribution < -0.4 is 5.73 Å². The van der Waals surface area contributed by atoms with Gasteiger partial charge in [0.15, 0.2) is 5.82 Å². The molecule has 0 saturated heterocycles. The smallest absolute Gasteiger partial charge is 0.243 e. The summed E-state index contributed by atoms with van der Waals surface area (Å²) in [6, 6.07) is -0.227. The Labute approximate surface area is 116 Å². The van der Waals surface area contributed by atoms with E-state index in [1.807, 2.05) is 12.3 Å². The first-order valence-electron chi connectivity index (χ1n) is 6.17. The predicted molar refractivity (Wildman–Crippen MR) is 72.0 cm³/mol. The highest BCUT2D eigenvalue weighted by Gasteiger charge is 2.15. The van der Waals surface area contributed by atoms with Gasteiger partial charge in [-0.25, -0.2) is 4.98 Å². The van der Waals surface area contributed by atoms with Gasteiger partial charge in [-0.3, -0.25) is 0 Å². The van der Waals surface area contributed by atoms with E-state index in [1.54, 1.807) is 18.4 Å². The lowest BCUT2D eigenvalue weighted by atomic mass is 10.2. The van der Waals surface area contributed by atoms with E-state index >= 15 is 0 Å². The maximum atomic E-state index is 5.98. The highest BCUT2D eigenvalue weighted by Crippen LogP contribution is 2.16. The number of methoxy groups -OCH3 is 1. The van der Waals surface area contributed by atoms with Crippen molar-refractivity contribution >= 4 is 11.3 Å². The van der Waals surface area contributed by atoms with Gasteiger partial charge >= 0.3 is 0 Å².